The van der Waals surface area contributed by atoms with Gasteiger partial charge in [0.15, 0.2) is 0 Å². The Morgan fingerprint density at radius 1 is 0.969 bits per heavy atom. The molecular formula is C25H23F4N3. The van der Waals surface area contributed by atoms with Crippen molar-refractivity contribution in [3.8, 4) is 0 Å². The molecule has 5 rings (SSSR count). The van der Waals surface area contributed by atoms with Crippen molar-refractivity contribution in [3.05, 3.63) is 71.4 Å². The standard InChI is InChI=1S/C25H23F4N3/c1-14(24-31-22-8-6-17(25(27,28)29)12-23(22)32-24)15-2-4-16(5-3-15)19-10-11-30-21-9-7-18(26)13-20(19)21/h6-16H,2-5H2,1H3,(H,31,32)/t14-,15?,16?/m0/s1. The Bertz CT molecular complexity index is 1270. The Kier molecular flexibility index (Phi) is 5.14. The predicted octanol–water partition coefficient (Wildman–Crippen LogP) is 7.35. The summed E-state index contributed by atoms with van der Waals surface area (Å²) in [6, 6.07) is 10.3. The summed E-state index contributed by atoms with van der Waals surface area (Å²) in [6.45, 7) is 2.09. The van der Waals surface area contributed by atoms with Gasteiger partial charge in [-0.2, -0.15) is 13.2 Å². The summed E-state index contributed by atoms with van der Waals surface area (Å²) < 4.78 is 52.8. The highest BCUT2D eigenvalue weighted by molar-refractivity contribution is 5.82. The fourth-order valence-corrected chi connectivity index (χ4v) is 5.07. The molecule has 7 heteroatoms. The van der Waals surface area contributed by atoms with Gasteiger partial charge in [-0.3, -0.25) is 4.98 Å². The summed E-state index contributed by atoms with van der Waals surface area (Å²) in [4.78, 5) is 12.0. The first-order valence-corrected chi connectivity index (χ1v) is 10.9. The molecule has 1 atom stereocenters. The minimum absolute atomic E-state index is 0.115. The molecule has 166 valence electrons. The largest absolute Gasteiger partial charge is 0.416 e. The fourth-order valence-electron chi connectivity index (χ4n) is 5.07. The van der Waals surface area contributed by atoms with Crippen LogP contribution in [0.2, 0.25) is 0 Å². The number of fused-ring (bicyclic) bond motifs is 2. The quantitative estimate of drug-likeness (QED) is 0.338. The minimum atomic E-state index is -4.37. The highest BCUT2D eigenvalue weighted by atomic mass is 19.4. The van der Waals surface area contributed by atoms with E-state index in [0.29, 0.717) is 22.9 Å². The van der Waals surface area contributed by atoms with Crippen LogP contribution in [0.1, 0.15) is 61.4 Å². The number of rotatable bonds is 3. The summed E-state index contributed by atoms with van der Waals surface area (Å²) in [7, 11) is 0. The van der Waals surface area contributed by atoms with Crippen LogP contribution in [0.5, 0.6) is 0 Å². The average molecular weight is 441 g/mol. The van der Waals surface area contributed by atoms with Crippen LogP contribution in [0.15, 0.2) is 48.7 Å². The number of imidazole rings is 1. The van der Waals surface area contributed by atoms with Crippen molar-refractivity contribution in [1.29, 1.82) is 0 Å². The van der Waals surface area contributed by atoms with E-state index in [4.69, 9.17) is 0 Å². The number of halogens is 4. The Morgan fingerprint density at radius 3 is 2.47 bits per heavy atom. The van der Waals surface area contributed by atoms with Gasteiger partial charge in [0.05, 0.1) is 22.1 Å². The lowest BCUT2D eigenvalue weighted by molar-refractivity contribution is -0.137. The third-order valence-corrected chi connectivity index (χ3v) is 6.91. The molecule has 1 saturated carbocycles. The number of benzene rings is 2. The molecule has 2 heterocycles. The highest BCUT2D eigenvalue weighted by Crippen LogP contribution is 2.43. The van der Waals surface area contributed by atoms with E-state index in [-0.39, 0.29) is 11.7 Å². The number of alkyl halides is 3. The van der Waals surface area contributed by atoms with Crippen molar-refractivity contribution < 1.29 is 17.6 Å². The molecule has 3 nitrogen and oxygen atoms in total. The van der Waals surface area contributed by atoms with Gasteiger partial charge in [0.25, 0.3) is 0 Å². The zero-order valence-corrected chi connectivity index (χ0v) is 17.6. The van der Waals surface area contributed by atoms with Crippen molar-refractivity contribution in [2.45, 2.75) is 50.6 Å². The van der Waals surface area contributed by atoms with Gasteiger partial charge in [-0.05, 0) is 85.5 Å². The lowest BCUT2D eigenvalue weighted by Gasteiger charge is -2.32. The second-order valence-corrected chi connectivity index (χ2v) is 8.81. The maximum atomic E-state index is 13.8. The van der Waals surface area contributed by atoms with E-state index in [9.17, 15) is 17.6 Å². The van der Waals surface area contributed by atoms with Crippen molar-refractivity contribution in [2.75, 3.05) is 0 Å². The third-order valence-electron chi connectivity index (χ3n) is 6.91. The lowest BCUT2D eigenvalue weighted by Crippen LogP contribution is -2.19. The molecule has 1 aliphatic rings. The maximum Gasteiger partial charge on any atom is 0.416 e. The van der Waals surface area contributed by atoms with E-state index >= 15 is 0 Å². The van der Waals surface area contributed by atoms with Gasteiger partial charge >= 0.3 is 6.18 Å². The van der Waals surface area contributed by atoms with Crippen LogP contribution >= 0.6 is 0 Å². The van der Waals surface area contributed by atoms with E-state index < -0.39 is 11.7 Å². The summed E-state index contributed by atoms with van der Waals surface area (Å²) in [6.07, 6.45) is 1.33. The molecule has 2 aromatic carbocycles. The number of nitrogens with zero attached hydrogens (tertiary/aromatic N) is 2. The highest BCUT2D eigenvalue weighted by Gasteiger charge is 2.32. The van der Waals surface area contributed by atoms with Gasteiger partial charge in [0, 0.05) is 17.5 Å². The second-order valence-electron chi connectivity index (χ2n) is 8.81. The van der Waals surface area contributed by atoms with Gasteiger partial charge in [-0.1, -0.05) is 6.92 Å². The van der Waals surface area contributed by atoms with Gasteiger partial charge in [-0.15, -0.1) is 0 Å². The number of H-pyrrole nitrogens is 1. The molecule has 4 aromatic rings. The van der Waals surface area contributed by atoms with Crippen LogP contribution in [0.25, 0.3) is 21.9 Å². The number of hydrogen-bond acceptors (Lipinski definition) is 2. The maximum absolute atomic E-state index is 13.8. The summed E-state index contributed by atoms with van der Waals surface area (Å²) >= 11 is 0. The normalized spacial score (nSPS) is 20.7. The van der Waals surface area contributed by atoms with E-state index in [0.717, 1.165) is 60.1 Å². The van der Waals surface area contributed by atoms with E-state index in [1.54, 1.807) is 18.3 Å². The van der Waals surface area contributed by atoms with Crippen LogP contribution in [-0.2, 0) is 6.18 Å². The van der Waals surface area contributed by atoms with Crippen LogP contribution < -0.4 is 0 Å². The summed E-state index contributed by atoms with van der Waals surface area (Å²) in [5.74, 6) is 1.32. The third kappa shape index (κ3) is 3.85. The monoisotopic (exact) mass is 441 g/mol. The van der Waals surface area contributed by atoms with Crippen LogP contribution in [-0.4, -0.2) is 15.0 Å². The molecule has 1 N–H and O–H groups in total. The molecule has 2 aromatic heterocycles. The van der Waals surface area contributed by atoms with Crippen molar-refractivity contribution >= 4 is 21.9 Å². The Labute approximate surface area is 182 Å². The predicted molar refractivity (Wildman–Crippen MR) is 116 cm³/mol. The first-order chi connectivity index (χ1) is 15.3. The molecular weight excluding hydrogens is 418 g/mol. The van der Waals surface area contributed by atoms with E-state index in [1.165, 1.54) is 12.1 Å². The molecule has 1 fully saturated rings. The number of aromatic amines is 1. The number of pyridine rings is 1. The number of nitrogens with one attached hydrogen (secondary N) is 1. The summed E-state index contributed by atoms with van der Waals surface area (Å²) in [5, 5.41) is 0.877. The van der Waals surface area contributed by atoms with Crippen molar-refractivity contribution in [2.24, 2.45) is 5.92 Å². The molecule has 0 unspecified atom stereocenters. The van der Waals surface area contributed by atoms with Gasteiger partial charge in [0.2, 0.25) is 0 Å². The van der Waals surface area contributed by atoms with Crippen molar-refractivity contribution in [1.82, 2.24) is 15.0 Å². The van der Waals surface area contributed by atoms with Crippen LogP contribution in [0.3, 0.4) is 0 Å². The average Bonchev–Trinajstić information content (AvgIpc) is 3.21. The smallest absolute Gasteiger partial charge is 0.342 e. The molecule has 0 spiro atoms. The molecule has 0 aliphatic heterocycles. The first kappa shape index (κ1) is 20.9. The molecule has 32 heavy (non-hydrogen) atoms. The number of hydrogen-bond donors (Lipinski definition) is 1. The Morgan fingerprint density at radius 2 is 1.72 bits per heavy atom. The van der Waals surface area contributed by atoms with Crippen LogP contribution in [0, 0.1) is 11.7 Å². The molecule has 0 bridgehead atoms. The molecule has 1 aliphatic carbocycles. The second kappa shape index (κ2) is 7.87. The topological polar surface area (TPSA) is 41.6 Å². The Balaban J connectivity index is 1.33. The minimum Gasteiger partial charge on any atom is -0.342 e. The first-order valence-electron chi connectivity index (χ1n) is 10.9. The number of aromatic nitrogens is 3. The SMILES string of the molecule is C[C@H](c1nc2ccc(C(F)(F)F)cc2[nH]1)C1CCC(c2ccnc3ccc(F)cc23)CC1. The van der Waals surface area contributed by atoms with E-state index in [2.05, 4.69) is 21.9 Å². The summed E-state index contributed by atoms with van der Waals surface area (Å²) in [5.41, 5.74) is 2.25. The van der Waals surface area contributed by atoms with Crippen molar-refractivity contribution in [3.63, 3.8) is 0 Å². The van der Waals surface area contributed by atoms with Gasteiger partial charge in [0.1, 0.15) is 11.6 Å². The zero-order valence-electron chi connectivity index (χ0n) is 17.6. The molecule has 0 amide bonds. The lowest BCUT2D eigenvalue weighted by atomic mass is 9.73. The van der Waals surface area contributed by atoms with Gasteiger partial charge < -0.3 is 4.98 Å². The van der Waals surface area contributed by atoms with Crippen LogP contribution in [0.4, 0.5) is 17.6 Å². The van der Waals surface area contributed by atoms with E-state index in [1.807, 2.05) is 6.07 Å². The zero-order chi connectivity index (χ0) is 22.5. The van der Waals surface area contributed by atoms with Gasteiger partial charge in [-0.25, -0.2) is 9.37 Å². The Hall–Kier alpha value is -2.96. The molecule has 0 saturated heterocycles. The molecule has 0 radical (unpaired) electrons. The fraction of sp³-hybridized carbons (Fsp3) is 0.360.